The first-order valence-corrected chi connectivity index (χ1v) is 6.55. The van der Waals surface area contributed by atoms with Crippen LogP contribution in [0.15, 0.2) is 18.2 Å². The van der Waals surface area contributed by atoms with E-state index in [1.54, 1.807) is 4.90 Å². The summed E-state index contributed by atoms with van der Waals surface area (Å²) in [5.41, 5.74) is 1.71. The molecule has 0 bridgehead atoms. The maximum absolute atomic E-state index is 12.1. The summed E-state index contributed by atoms with van der Waals surface area (Å²) >= 11 is 0. The van der Waals surface area contributed by atoms with Gasteiger partial charge >= 0.3 is 6.09 Å². The van der Waals surface area contributed by atoms with E-state index in [0.29, 0.717) is 19.7 Å². The van der Waals surface area contributed by atoms with Gasteiger partial charge in [0.1, 0.15) is 18.0 Å². The Morgan fingerprint density at radius 2 is 2.11 bits per heavy atom. The molecule has 1 amide bonds. The van der Waals surface area contributed by atoms with Crippen LogP contribution in [0.1, 0.15) is 31.9 Å². The predicted molar refractivity (Wildman–Crippen MR) is 73.3 cm³/mol. The van der Waals surface area contributed by atoms with Gasteiger partial charge in [-0.3, -0.25) is 0 Å². The van der Waals surface area contributed by atoms with Crippen LogP contribution in [0.2, 0.25) is 0 Å². The minimum atomic E-state index is -0.472. The maximum Gasteiger partial charge on any atom is 0.410 e. The molecule has 0 saturated heterocycles. The van der Waals surface area contributed by atoms with Gasteiger partial charge in [0.2, 0.25) is 0 Å². The van der Waals surface area contributed by atoms with Gasteiger partial charge in [0.15, 0.2) is 0 Å². The molecular weight excluding hydrogens is 242 g/mol. The number of ether oxygens (including phenoxy) is 2. The van der Waals surface area contributed by atoms with E-state index < -0.39 is 5.60 Å². The number of rotatable bonds is 0. The third kappa shape index (κ3) is 3.63. The van der Waals surface area contributed by atoms with E-state index in [4.69, 9.17) is 9.47 Å². The Bertz CT molecular complexity index is 477. The SMILES string of the molecule is Cc1ccc2c(c1)OCCN(C(=O)OC(C)(C)C)C2. The molecule has 104 valence electrons. The van der Waals surface area contributed by atoms with Crippen molar-refractivity contribution in [3.05, 3.63) is 29.3 Å². The highest BCUT2D eigenvalue weighted by Crippen LogP contribution is 2.25. The van der Waals surface area contributed by atoms with Gasteiger partial charge in [0.25, 0.3) is 0 Å². The lowest BCUT2D eigenvalue weighted by Gasteiger charge is -2.26. The zero-order valence-corrected chi connectivity index (χ0v) is 12.0. The molecule has 4 heteroatoms. The summed E-state index contributed by atoms with van der Waals surface area (Å²) in [4.78, 5) is 13.8. The standard InChI is InChI=1S/C15H21NO3/c1-11-5-6-12-10-16(7-8-18-13(12)9-11)14(17)19-15(2,3)4/h5-6,9H,7-8,10H2,1-4H3. The molecular formula is C15H21NO3. The second-order valence-corrected chi connectivity index (χ2v) is 5.86. The van der Waals surface area contributed by atoms with Crippen LogP contribution in [0.25, 0.3) is 0 Å². The third-order valence-electron chi connectivity index (χ3n) is 2.85. The zero-order valence-electron chi connectivity index (χ0n) is 12.0. The fourth-order valence-electron chi connectivity index (χ4n) is 1.96. The van der Waals surface area contributed by atoms with E-state index in [0.717, 1.165) is 16.9 Å². The second kappa shape index (κ2) is 5.11. The van der Waals surface area contributed by atoms with E-state index in [-0.39, 0.29) is 6.09 Å². The molecule has 19 heavy (non-hydrogen) atoms. The molecule has 4 nitrogen and oxygen atoms in total. The molecule has 2 rings (SSSR count). The number of aryl methyl sites for hydroxylation is 1. The third-order valence-corrected chi connectivity index (χ3v) is 2.85. The summed E-state index contributed by atoms with van der Waals surface area (Å²) in [6.45, 7) is 9.21. The number of carbonyl (C=O) groups excluding carboxylic acids is 1. The quantitative estimate of drug-likeness (QED) is 0.722. The Hall–Kier alpha value is -1.71. The molecule has 0 unspecified atom stereocenters. The van der Waals surface area contributed by atoms with Crippen LogP contribution in [-0.4, -0.2) is 29.7 Å². The number of hydrogen-bond acceptors (Lipinski definition) is 3. The van der Waals surface area contributed by atoms with Crippen LogP contribution in [0, 0.1) is 6.92 Å². The fourth-order valence-corrected chi connectivity index (χ4v) is 1.96. The minimum absolute atomic E-state index is 0.287. The van der Waals surface area contributed by atoms with E-state index >= 15 is 0 Å². The van der Waals surface area contributed by atoms with Gasteiger partial charge in [-0.2, -0.15) is 0 Å². The smallest absolute Gasteiger partial charge is 0.410 e. The zero-order chi connectivity index (χ0) is 14.0. The highest BCUT2D eigenvalue weighted by molar-refractivity contribution is 5.68. The van der Waals surface area contributed by atoms with Crippen LogP contribution >= 0.6 is 0 Å². The molecule has 1 aliphatic heterocycles. The summed E-state index contributed by atoms with van der Waals surface area (Å²) in [6.07, 6.45) is -0.287. The molecule has 0 spiro atoms. The number of nitrogens with zero attached hydrogens (tertiary/aromatic N) is 1. The Morgan fingerprint density at radius 3 is 2.79 bits per heavy atom. The summed E-state index contributed by atoms with van der Waals surface area (Å²) in [5.74, 6) is 0.867. The molecule has 1 heterocycles. The largest absolute Gasteiger partial charge is 0.491 e. The Morgan fingerprint density at radius 1 is 1.37 bits per heavy atom. The lowest BCUT2D eigenvalue weighted by Crippen LogP contribution is -2.37. The van der Waals surface area contributed by atoms with Crippen LogP contribution in [0.3, 0.4) is 0 Å². The van der Waals surface area contributed by atoms with Gasteiger partial charge in [-0.1, -0.05) is 12.1 Å². The molecule has 0 aliphatic carbocycles. The number of fused-ring (bicyclic) bond motifs is 1. The average Bonchev–Trinajstić information content (AvgIpc) is 2.48. The molecule has 0 atom stereocenters. The van der Waals surface area contributed by atoms with Crippen LogP contribution in [0.5, 0.6) is 5.75 Å². The van der Waals surface area contributed by atoms with E-state index in [9.17, 15) is 4.79 Å². The molecule has 0 aromatic heterocycles. The van der Waals surface area contributed by atoms with Crippen molar-refractivity contribution in [1.29, 1.82) is 0 Å². The molecule has 1 aromatic carbocycles. The van der Waals surface area contributed by atoms with Gasteiger partial charge in [-0.25, -0.2) is 4.79 Å². The molecule has 1 aliphatic rings. The summed E-state index contributed by atoms with van der Waals surface area (Å²) in [5, 5.41) is 0. The number of carbonyl (C=O) groups is 1. The molecule has 0 saturated carbocycles. The Kier molecular flexibility index (Phi) is 3.69. The normalized spacial score (nSPS) is 15.3. The van der Waals surface area contributed by atoms with Gasteiger partial charge < -0.3 is 14.4 Å². The Labute approximate surface area is 114 Å². The first-order chi connectivity index (χ1) is 8.85. The predicted octanol–water partition coefficient (Wildman–Crippen LogP) is 3.12. The van der Waals surface area contributed by atoms with Crippen molar-refractivity contribution in [2.45, 2.75) is 39.8 Å². The lowest BCUT2D eigenvalue weighted by atomic mass is 10.1. The van der Waals surface area contributed by atoms with E-state index in [1.165, 1.54) is 0 Å². The van der Waals surface area contributed by atoms with Gasteiger partial charge in [0, 0.05) is 5.56 Å². The van der Waals surface area contributed by atoms with E-state index in [2.05, 4.69) is 0 Å². The van der Waals surface area contributed by atoms with Crippen molar-refractivity contribution in [2.24, 2.45) is 0 Å². The number of hydrogen-bond donors (Lipinski definition) is 0. The minimum Gasteiger partial charge on any atom is -0.491 e. The monoisotopic (exact) mass is 263 g/mol. The van der Waals surface area contributed by atoms with Gasteiger partial charge in [0.05, 0.1) is 13.1 Å². The maximum atomic E-state index is 12.1. The van der Waals surface area contributed by atoms with Gasteiger partial charge in [-0.05, 0) is 39.3 Å². The molecule has 0 N–H and O–H groups in total. The average molecular weight is 263 g/mol. The van der Waals surface area contributed by atoms with Crippen molar-refractivity contribution in [3.63, 3.8) is 0 Å². The van der Waals surface area contributed by atoms with Crippen LogP contribution in [-0.2, 0) is 11.3 Å². The number of benzene rings is 1. The van der Waals surface area contributed by atoms with Crippen molar-refractivity contribution in [2.75, 3.05) is 13.2 Å². The number of amides is 1. The molecule has 1 aromatic rings. The summed E-state index contributed by atoms with van der Waals surface area (Å²) in [6, 6.07) is 6.04. The van der Waals surface area contributed by atoms with Crippen LogP contribution in [0.4, 0.5) is 4.79 Å². The highest BCUT2D eigenvalue weighted by atomic mass is 16.6. The van der Waals surface area contributed by atoms with Crippen molar-refractivity contribution < 1.29 is 14.3 Å². The van der Waals surface area contributed by atoms with Gasteiger partial charge in [-0.15, -0.1) is 0 Å². The van der Waals surface area contributed by atoms with Crippen molar-refractivity contribution >= 4 is 6.09 Å². The van der Waals surface area contributed by atoms with E-state index in [1.807, 2.05) is 45.9 Å². The first-order valence-electron chi connectivity index (χ1n) is 6.55. The lowest BCUT2D eigenvalue weighted by molar-refractivity contribution is 0.0225. The summed E-state index contributed by atoms with van der Waals surface area (Å²) in [7, 11) is 0. The first kappa shape index (κ1) is 13.7. The molecule has 0 radical (unpaired) electrons. The summed E-state index contributed by atoms with van der Waals surface area (Å²) < 4.78 is 11.1. The fraction of sp³-hybridized carbons (Fsp3) is 0.533. The highest BCUT2D eigenvalue weighted by Gasteiger charge is 2.24. The van der Waals surface area contributed by atoms with Crippen LogP contribution < -0.4 is 4.74 Å². The van der Waals surface area contributed by atoms with Crippen molar-refractivity contribution in [1.82, 2.24) is 4.90 Å². The van der Waals surface area contributed by atoms with Crippen molar-refractivity contribution in [3.8, 4) is 5.75 Å². The second-order valence-electron chi connectivity index (χ2n) is 5.86. The Balaban J connectivity index is 2.13. The molecule has 0 fully saturated rings. The topological polar surface area (TPSA) is 38.8 Å².